The molecule has 0 radical (unpaired) electrons. The molecule has 6 heteroatoms. The summed E-state index contributed by atoms with van der Waals surface area (Å²) in [5.74, 6) is -1.26. The quantitative estimate of drug-likeness (QED) is 0.908. The Labute approximate surface area is 124 Å². The second-order valence-electron chi connectivity index (χ2n) is 5.11. The van der Waals surface area contributed by atoms with Crippen molar-refractivity contribution in [1.82, 2.24) is 4.90 Å². The molecule has 0 heterocycles. The minimum absolute atomic E-state index is 0.0665. The maximum absolute atomic E-state index is 12.5. The molecule has 0 aliphatic heterocycles. The summed E-state index contributed by atoms with van der Waals surface area (Å²) in [4.78, 5) is 14.0. The van der Waals surface area contributed by atoms with E-state index in [0.717, 1.165) is 0 Å². The number of hydrogen-bond donors (Lipinski definition) is 1. The van der Waals surface area contributed by atoms with Crippen molar-refractivity contribution in [3.05, 3.63) is 53.8 Å². The van der Waals surface area contributed by atoms with Crippen molar-refractivity contribution in [3.8, 4) is 0 Å². The Balaban J connectivity index is 2.36. The Morgan fingerprint density at radius 3 is 2.38 bits per heavy atom. The van der Waals surface area contributed by atoms with Gasteiger partial charge in [0.1, 0.15) is 0 Å². The lowest BCUT2D eigenvalue weighted by molar-refractivity contribution is -0.117. The van der Waals surface area contributed by atoms with E-state index in [1.165, 1.54) is 24.3 Å². The van der Waals surface area contributed by atoms with Crippen molar-refractivity contribution in [2.75, 3.05) is 20.6 Å². The van der Waals surface area contributed by atoms with Crippen LogP contribution in [-0.4, -0.2) is 50.1 Å². The van der Waals surface area contributed by atoms with Crippen molar-refractivity contribution in [1.29, 1.82) is 0 Å². The summed E-state index contributed by atoms with van der Waals surface area (Å²) < 4.78 is 24.9. The van der Waals surface area contributed by atoms with Crippen molar-refractivity contribution in [3.63, 3.8) is 0 Å². The summed E-state index contributed by atoms with van der Waals surface area (Å²) in [6.45, 7) is 0.367. The van der Waals surface area contributed by atoms with Gasteiger partial charge in [-0.25, -0.2) is 8.42 Å². The number of rotatable bonds is 4. The second-order valence-corrected chi connectivity index (χ2v) is 7.18. The van der Waals surface area contributed by atoms with E-state index in [1.54, 1.807) is 37.2 Å². The number of ketones is 1. The highest BCUT2D eigenvalue weighted by Gasteiger charge is 2.36. The lowest BCUT2D eigenvalue weighted by Crippen LogP contribution is -2.33. The number of aliphatic hydroxyl groups is 1. The summed E-state index contributed by atoms with van der Waals surface area (Å²) in [5, 5.41) is 8.59. The molecule has 0 amide bonds. The zero-order valence-electron chi connectivity index (χ0n) is 11.9. The van der Waals surface area contributed by atoms with Gasteiger partial charge in [-0.05, 0) is 26.2 Å². The number of sulfone groups is 1. The summed E-state index contributed by atoms with van der Waals surface area (Å²) >= 11 is 0. The SMILES string of the molecule is CN(C)CC1=C(O)C(=O)C(S(=O)(=O)c2ccccc2)C=C1. The Morgan fingerprint density at radius 1 is 1.19 bits per heavy atom. The maximum atomic E-state index is 12.5. The van der Waals surface area contributed by atoms with Crippen molar-refractivity contribution in [2.45, 2.75) is 10.1 Å². The molecule has 5 nitrogen and oxygen atoms in total. The fourth-order valence-corrected chi connectivity index (χ4v) is 3.64. The van der Waals surface area contributed by atoms with E-state index in [-0.39, 0.29) is 4.90 Å². The van der Waals surface area contributed by atoms with Gasteiger partial charge in [0.05, 0.1) is 4.90 Å². The van der Waals surface area contributed by atoms with Gasteiger partial charge in [0.15, 0.2) is 20.8 Å². The Hall–Kier alpha value is -1.92. The molecule has 0 fully saturated rings. The number of hydrogen-bond acceptors (Lipinski definition) is 5. The molecule has 0 aromatic heterocycles. The highest BCUT2D eigenvalue weighted by atomic mass is 32.2. The lowest BCUT2D eigenvalue weighted by Gasteiger charge is -2.20. The van der Waals surface area contributed by atoms with Crippen LogP contribution in [0.25, 0.3) is 0 Å². The Morgan fingerprint density at radius 2 is 1.81 bits per heavy atom. The van der Waals surface area contributed by atoms with Crippen LogP contribution in [0.4, 0.5) is 0 Å². The van der Waals surface area contributed by atoms with Gasteiger partial charge in [-0.2, -0.15) is 0 Å². The molecule has 2 rings (SSSR count). The molecule has 1 aliphatic rings. The van der Waals surface area contributed by atoms with Crippen molar-refractivity contribution >= 4 is 15.6 Å². The largest absolute Gasteiger partial charge is 0.504 e. The Kier molecular flexibility index (Phi) is 4.29. The standard InChI is InChI=1S/C15H17NO4S/c1-16(2)10-11-8-9-13(15(18)14(11)17)21(19,20)12-6-4-3-5-7-12/h3-9,13,17H,10H2,1-2H3. The highest BCUT2D eigenvalue weighted by molar-refractivity contribution is 7.93. The first-order valence-electron chi connectivity index (χ1n) is 6.42. The molecule has 1 N–H and O–H groups in total. The normalized spacial score (nSPS) is 19.4. The van der Waals surface area contributed by atoms with Crippen LogP contribution in [-0.2, 0) is 14.6 Å². The summed E-state index contributed by atoms with van der Waals surface area (Å²) in [7, 11) is -0.246. The highest BCUT2D eigenvalue weighted by Crippen LogP contribution is 2.24. The van der Waals surface area contributed by atoms with E-state index in [0.29, 0.717) is 12.1 Å². The number of benzene rings is 1. The van der Waals surface area contributed by atoms with Crippen LogP contribution >= 0.6 is 0 Å². The number of carbonyl (C=O) groups excluding carboxylic acids is 1. The fourth-order valence-electron chi connectivity index (χ4n) is 2.13. The monoisotopic (exact) mass is 307 g/mol. The zero-order valence-corrected chi connectivity index (χ0v) is 12.7. The molecule has 0 bridgehead atoms. The molecule has 1 atom stereocenters. The van der Waals surface area contributed by atoms with Crippen molar-refractivity contribution < 1.29 is 18.3 Å². The third kappa shape index (κ3) is 3.06. The first kappa shape index (κ1) is 15.5. The lowest BCUT2D eigenvalue weighted by atomic mass is 10.0. The van der Waals surface area contributed by atoms with Crippen LogP contribution in [0, 0.1) is 0 Å². The average molecular weight is 307 g/mol. The van der Waals surface area contributed by atoms with Gasteiger partial charge in [0, 0.05) is 12.1 Å². The van der Waals surface area contributed by atoms with Gasteiger partial charge in [-0.15, -0.1) is 0 Å². The van der Waals surface area contributed by atoms with Crippen LogP contribution in [0.2, 0.25) is 0 Å². The maximum Gasteiger partial charge on any atom is 0.219 e. The van der Waals surface area contributed by atoms with E-state index >= 15 is 0 Å². The predicted molar refractivity (Wildman–Crippen MR) is 79.8 cm³/mol. The minimum Gasteiger partial charge on any atom is -0.504 e. The summed E-state index contributed by atoms with van der Waals surface area (Å²) in [5.41, 5.74) is 0.421. The van der Waals surface area contributed by atoms with E-state index in [2.05, 4.69) is 0 Å². The topological polar surface area (TPSA) is 74.7 Å². The molecule has 0 spiro atoms. The van der Waals surface area contributed by atoms with Gasteiger partial charge in [-0.3, -0.25) is 4.79 Å². The van der Waals surface area contributed by atoms with Gasteiger partial charge >= 0.3 is 0 Å². The average Bonchev–Trinajstić information content (AvgIpc) is 2.44. The Bertz CT molecular complexity index is 702. The van der Waals surface area contributed by atoms with E-state index in [9.17, 15) is 18.3 Å². The molecular weight excluding hydrogens is 290 g/mol. The molecule has 0 saturated carbocycles. The smallest absolute Gasteiger partial charge is 0.219 e. The number of nitrogens with zero attached hydrogens (tertiary/aromatic N) is 1. The molecule has 0 saturated heterocycles. The second kappa shape index (κ2) is 5.83. The molecule has 21 heavy (non-hydrogen) atoms. The number of aliphatic hydroxyl groups excluding tert-OH is 1. The van der Waals surface area contributed by atoms with Crippen LogP contribution in [0.3, 0.4) is 0 Å². The number of carbonyl (C=O) groups is 1. The van der Waals surface area contributed by atoms with Crippen LogP contribution in [0.1, 0.15) is 0 Å². The van der Waals surface area contributed by atoms with E-state index in [1.807, 2.05) is 0 Å². The molecule has 1 aromatic carbocycles. The van der Waals surface area contributed by atoms with Gasteiger partial charge in [0.25, 0.3) is 0 Å². The fraction of sp³-hybridized carbons (Fsp3) is 0.267. The van der Waals surface area contributed by atoms with Gasteiger partial charge in [-0.1, -0.05) is 30.4 Å². The van der Waals surface area contributed by atoms with E-state index in [4.69, 9.17) is 0 Å². The third-order valence-electron chi connectivity index (χ3n) is 3.16. The summed E-state index contributed by atoms with van der Waals surface area (Å²) in [6, 6.07) is 7.76. The van der Waals surface area contributed by atoms with Gasteiger partial charge in [0.2, 0.25) is 5.78 Å². The number of allylic oxidation sites excluding steroid dienone is 1. The van der Waals surface area contributed by atoms with Crippen molar-refractivity contribution in [2.24, 2.45) is 0 Å². The molecule has 1 aromatic rings. The minimum atomic E-state index is -3.84. The summed E-state index contributed by atoms with van der Waals surface area (Å²) in [6.07, 6.45) is 2.84. The van der Waals surface area contributed by atoms with Gasteiger partial charge < -0.3 is 10.0 Å². The van der Waals surface area contributed by atoms with E-state index < -0.39 is 26.6 Å². The zero-order chi connectivity index (χ0) is 15.6. The first-order valence-corrected chi connectivity index (χ1v) is 7.97. The number of likely N-dealkylation sites (N-methyl/N-ethyl adjacent to an activating group) is 1. The predicted octanol–water partition coefficient (Wildman–Crippen LogP) is 1.34. The number of Topliss-reactive ketones (excluding diaryl/α,β-unsaturated/α-hetero) is 1. The van der Waals surface area contributed by atoms with Crippen LogP contribution in [0.5, 0.6) is 0 Å². The molecular formula is C15H17NO4S. The first-order chi connectivity index (χ1) is 9.84. The molecule has 112 valence electrons. The molecule has 1 aliphatic carbocycles. The van der Waals surface area contributed by atoms with Crippen LogP contribution in [0.15, 0.2) is 58.7 Å². The third-order valence-corrected chi connectivity index (χ3v) is 5.13. The molecule has 1 unspecified atom stereocenters. The van der Waals surface area contributed by atoms with Crippen LogP contribution < -0.4 is 0 Å².